The van der Waals surface area contributed by atoms with Gasteiger partial charge in [-0.05, 0) is 18.2 Å². The number of hydrogen-bond donors (Lipinski definition) is 0. The van der Waals surface area contributed by atoms with Gasteiger partial charge in [-0.15, -0.1) is 0 Å². The molecule has 0 saturated carbocycles. The van der Waals surface area contributed by atoms with Gasteiger partial charge in [0.25, 0.3) is 0 Å². The van der Waals surface area contributed by atoms with E-state index in [1.54, 1.807) is 13.0 Å². The average molecular weight is 299 g/mol. The highest BCUT2D eigenvalue weighted by atomic mass is 28.3. The molecular formula is C15H24FO3Si. The summed E-state index contributed by atoms with van der Waals surface area (Å²) in [5, 5.41) is 12.7. The van der Waals surface area contributed by atoms with Gasteiger partial charge in [0.15, 0.2) is 0 Å². The Bertz CT molecular complexity index is 445. The van der Waals surface area contributed by atoms with E-state index >= 15 is 0 Å². The van der Waals surface area contributed by atoms with Crippen LogP contribution in [0, 0.1) is 5.82 Å². The lowest BCUT2D eigenvalue weighted by Crippen LogP contribution is -2.31. The van der Waals surface area contributed by atoms with Gasteiger partial charge in [-0.3, -0.25) is 0 Å². The van der Waals surface area contributed by atoms with Crippen molar-refractivity contribution < 1.29 is 19.0 Å². The van der Waals surface area contributed by atoms with Crippen molar-refractivity contribution in [1.29, 1.82) is 0 Å². The second-order valence-electron chi connectivity index (χ2n) is 6.11. The number of benzene rings is 1. The normalized spacial score (nSPS) is 14.9. The molecule has 1 unspecified atom stereocenters. The van der Waals surface area contributed by atoms with Crippen molar-refractivity contribution in [2.24, 2.45) is 0 Å². The molecule has 5 heteroatoms. The monoisotopic (exact) mass is 299 g/mol. The van der Waals surface area contributed by atoms with Gasteiger partial charge >= 0.3 is 0 Å². The van der Waals surface area contributed by atoms with E-state index in [-0.39, 0.29) is 12.0 Å². The molecule has 0 aliphatic rings. The number of methoxy groups -OCH3 is 1. The molecule has 20 heavy (non-hydrogen) atoms. The fraction of sp³-hybridized carbons (Fsp3) is 0.600. The Morgan fingerprint density at radius 2 is 1.95 bits per heavy atom. The van der Waals surface area contributed by atoms with Crippen molar-refractivity contribution in [3.63, 3.8) is 0 Å². The largest absolute Gasteiger partial charge is 0.497 e. The summed E-state index contributed by atoms with van der Waals surface area (Å²) in [6.45, 7) is 8.72. The van der Waals surface area contributed by atoms with Crippen LogP contribution in [-0.4, -0.2) is 21.8 Å². The van der Waals surface area contributed by atoms with E-state index in [1.807, 2.05) is 0 Å². The Balaban J connectivity index is 2.87. The van der Waals surface area contributed by atoms with Gasteiger partial charge in [-0.1, -0.05) is 26.6 Å². The van der Waals surface area contributed by atoms with E-state index in [1.165, 1.54) is 19.2 Å². The molecule has 3 nitrogen and oxygen atoms in total. The third-order valence-corrected chi connectivity index (χ3v) is 4.94. The summed E-state index contributed by atoms with van der Waals surface area (Å²) >= 11 is 0. The van der Waals surface area contributed by atoms with E-state index in [2.05, 4.69) is 19.6 Å². The lowest BCUT2D eigenvalue weighted by molar-refractivity contribution is -0.251. The van der Waals surface area contributed by atoms with Crippen molar-refractivity contribution in [3.05, 3.63) is 29.6 Å². The third kappa shape index (κ3) is 4.58. The molecule has 0 spiro atoms. The van der Waals surface area contributed by atoms with Crippen LogP contribution in [0.25, 0.3) is 0 Å². The maximum Gasteiger partial charge on any atom is 0.230 e. The van der Waals surface area contributed by atoms with Crippen LogP contribution in [-0.2, 0) is 15.6 Å². The second-order valence-corrected chi connectivity index (χ2v) is 11.7. The average Bonchev–Trinajstić information content (AvgIpc) is 2.36. The Hall–Kier alpha value is -0.913. The first-order valence-corrected chi connectivity index (χ1v) is 10.6. The standard InChI is InChI=1S/C15H24FO3Si/c1-6-15(17,19-9-10-20(3,4)5)13-8-7-12(18-2)11-14(13)16/h7-8,11H,6,9-10H2,1-5H3. The Morgan fingerprint density at radius 1 is 1.30 bits per heavy atom. The van der Waals surface area contributed by atoms with E-state index in [4.69, 9.17) is 9.47 Å². The third-order valence-electron chi connectivity index (χ3n) is 3.24. The summed E-state index contributed by atoms with van der Waals surface area (Å²) in [5.74, 6) is -2.00. The Labute approximate surface area is 121 Å². The van der Waals surface area contributed by atoms with E-state index in [9.17, 15) is 9.50 Å². The fourth-order valence-corrected chi connectivity index (χ4v) is 2.54. The summed E-state index contributed by atoms with van der Waals surface area (Å²) in [5.41, 5.74) is 0.0522. The summed E-state index contributed by atoms with van der Waals surface area (Å²) in [4.78, 5) is 0. The van der Waals surface area contributed by atoms with Gasteiger partial charge in [0.05, 0.1) is 7.11 Å². The predicted molar refractivity (Wildman–Crippen MR) is 79.7 cm³/mol. The molecule has 0 heterocycles. The molecule has 0 aliphatic carbocycles. The van der Waals surface area contributed by atoms with Gasteiger partial charge in [-0.2, -0.15) is 5.11 Å². The minimum absolute atomic E-state index is 0.0522. The highest BCUT2D eigenvalue weighted by molar-refractivity contribution is 6.76. The summed E-state index contributed by atoms with van der Waals surface area (Å²) in [6.07, 6.45) is 0.182. The Kier molecular flexibility index (Phi) is 5.74. The molecule has 0 N–H and O–H groups in total. The van der Waals surface area contributed by atoms with Crippen molar-refractivity contribution in [3.8, 4) is 5.75 Å². The molecule has 0 bridgehead atoms. The second kappa shape index (κ2) is 6.69. The maximum atomic E-state index is 14.0. The number of hydrogen-bond acceptors (Lipinski definition) is 2. The molecular weight excluding hydrogens is 275 g/mol. The number of halogens is 1. The highest BCUT2D eigenvalue weighted by Crippen LogP contribution is 2.32. The molecule has 0 aliphatic heterocycles. The zero-order valence-electron chi connectivity index (χ0n) is 13.0. The first kappa shape index (κ1) is 17.1. The van der Waals surface area contributed by atoms with Crippen molar-refractivity contribution in [2.75, 3.05) is 13.7 Å². The quantitative estimate of drug-likeness (QED) is 0.559. The van der Waals surface area contributed by atoms with Crippen LogP contribution in [0.15, 0.2) is 18.2 Å². The number of ether oxygens (including phenoxy) is 2. The van der Waals surface area contributed by atoms with E-state index in [0.717, 1.165) is 6.04 Å². The van der Waals surface area contributed by atoms with Crippen molar-refractivity contribution in [2.45, 2.75) is 44.8 Å². The van der Waals surface area contributed by atoms with Gasteiger partial charge in [-0.25, -0.2) is 4.39 Å². The number of rotatable bonds is 7. The van der Waals surface area contributed by atoms with Crippen molar-refractivity contribution in [1.82, 2.24) is 0 Å². The summed E-state index contributed by atoms with van der Waals surface area (Å²) < 4.78 is 24.5. The molecule has 0 amide bonds. The predicted octanol–water partition coefficient (Wildman–Crippen LogP) is 4.18. The summed E-state index contributed by atoms with van der Waals surface area (Å²) in [7, 11) is 0.185. The van der Waals surface area contributed by atoms with E-state index < -0.39 is 19.7 Å². The molecule has 0 fully saturated rings. The van der Waals surface area contributed by atoms with Crippen LogP contribution in [0.5, 0.6) is 5.75 Å². The van der Waals surface area contributed by atoms with Crippen LogP contribution in [0.1, 0.15) is 18.9 Å². The Morgan fingerprint density at radius 3 is 2.40 bits per heavy atom. The first-order chi connectivity index (χ1) is 9.22. The van der Waals surface area contributed by atoms with Crippen molar-refractivity contribution >= 4 is 8.07 Å². The van der Waals surface area contributed by atoms with Gasteiger partial charge in [0, 0.05) is 32.7 Å². The first-order valence-electron chi connectivity index (χ1n) is 6.90. The molecule has 1 atom stereocenters. The molecule has 113 valence electrons. The SMILES string of the molecule is CCC([O])(OCC[Si](C)(C)C)c1ccc(OC)cc1F. The maximum absolute atomic E-state index is 14.0. The molecule has 1 aromatic rings. The van der Waals surface area contributed by atoms with E-state index in [0.29, 0.717) is 12.4 Å². The smallest absolute Gasteiger partial charge is 0.230 e. The zero-order valence-corrected chi connectivity index (χ0v) is 14.0. The lowest BCUT2D eigenvalue weighted by Gasteiger charge is -2.27. The minimum atomic E-state index is -1.82. The molecule has 1 aromatic carbocycles. The summed E-state index contributed by atoms with van der Waals surface area (Å²) in [6, 6.07) is 5.15. The van der Waals surface area contributed by atoms with Gasteiger partial charge in [0.2, 0.25) is 5.79 Å². The highest BCUT2D eigenvalue weighted by Gasteiger charge is 2.34. The zero-order chi connectivity index (χ0) is 15.4. The molecule has 0 saturated heterocycles. The van der Waals surface area contributed by atoms with Gasteiger partial charge in [0.1, 0.15) is 11.6 Å². The van der Waals surface area contributed by atoms with Crippen LogP contribution in [0.3, 0.4) is 0 Å². The topological polar surface area (TPSA) is 38.4 Å². The minimum Gasteiger partial charge on any atom is -0.497 e. The van der Waals surface area contributed by atoms with Gasteiger partial charge < -0.3 is 9.47 Å². The molecule has 1 rings (SSSR count). The van der Waals surface area contributed by atoms with Crippen LogP contribution in [0.4, 0.5) is 4.39 Å². The van der Waals surface area contributed by atoms with Crippen LogP contribution >= 0.6 is 0 Å². The molecule has 1 radical (unpaired) electrons. The van der Waals surface area contributed by atoms with Crippen LogP contribution in [0.2, 0.25) is 25.7 Å². The lowest BCUT2D eigenvalue weighted by atomic mass is 10.0. The fourth-order valence-electron chi connectivity index (χ4n) is 1.82. The van der Waals surface area contributed by atoms with Crippen LogP contribution < -0.4 is 4.74 Å². The molecule has 0 aromatic heterocycles.